The molecule has 0 heterocycles. The maximum Gasteiger partial charge on any atom is 0.460 e. The van der Waals surface area contributed by atoms with Crippen molar-refractivity contribution in [3.8, 4) is 11.5 Å². The van der Waals surface area contributed by atoms with Gasteiger partial charge in [0.15, 0.2) is 0 Å². The van der Waals surface area contributed by atoms with E-state index in [9.17, 15) is 14.5 Å². The number of ether oxygens (including phenoxy) is 2. The molecule has 0 aliphatic carbocycles. The summed E-state index contributed by atoms with van der Waals surface area (Å²) in [4.78, 5) is 58.7. The maximum absolute atomic E-state index is 12.8. The Morgan fingerprint density at radius 1 is 0.408 bits per heavy atom. The van der Waals surface area contributed by atoms with Gasteiger partial charge in [0, 0.05) is 24.0 Å². The normalized spacial score (nSPS) is 11.8. The molecule has 76 heavy (non-hydrogen) atoms. The number of hydrogen-bond acceptors (Lipinski definition) is 10. The molecule has 0 aromatic heterocycles. The lowest BCUT2D eigenvalue weighted by Crippen LogP contribution is -2.16. The van der Waals surface area contributed by atoms with Crippen molar-refractivity contribution in [2.45, 2.75) is 311 Å². The van der Waals surface area contributed by atoms with Gasteiger partial charge in [0.05, 0.1) is 13.2 Å². The summed E-state index contributed by atoms with van der Waals surface area (Å²) in [5.41, 5.74) is 5.17. The second-order valence-electron chi connectivity index (χ2n) is 23.8. The van der Waals surface area contributed by atoms with Crippen LogP contribution in [0.4, 0.5) is 0 Å². The van der Waals surface area contributed by atoms with E-state index in [0.717, 1.165) is 59.1 Å². The van der Waals surface area contributed by atoms with Gasteiger partial charge in [-0.1, -0.05) is 272 Å². The number of esters is 2. The standard InChI is InChI=1S/C64H111O7P.H3O3P/c1-11-13-15-17-19-21-23-25-27-29-31-33-35-37-39-41-47-68-59(65)45-43-55-49-53(3)61(57(51-55)63(5,6)7)70-72(67)71-62-54(4)50-56(52-58(62)64(8,9)10)44-46-60(66)69-48-42-40-38-36-34-32-30-28-26-24-22-20-18-16-14-12-2;1-4(2)3/h49-52,67H,11-48H2,1-10H3;1-3H. The third-order valence-electron chi connectivity index (χ3n) is 14.4. The molecule has 0 saturated carbocycles. The number of carbonyl (C=O) groups excluding carboxylic acids is 2. The van der Waals surface area contributed by atoms with Crippen LogP contribution in [0.25, 0.3) is 0 Å². The Hall–Kier alpha value is -2.32. The molecule has 10 nitrogen and oxygen atoms in total. The molecule has 2 aromatic rings. The zero-order valence-electron chi connectivity index (χ0n) is 50.3. The van der Waals surface area contributed by atoms with Crippen molar-refractivity contribution >= 4 is 29.1 Å². The van der Waals surface area contributed by atoms with Crippen LogP contribution in [0.3, 0.4) is 0 Å². The predicted molar refractivity (Wildman–Crippen MR) is 321 cm³/mol. The summed E-state index contributed by atoms with van der Waals surface area (Å²) in [6.45, 7) is 22.3. The lowest BCUT2D eigenvalue weighted by atomic mass is 9.83. The summed E-state index contributed by atoms with van der Waals surface area (Å²) in [6.07, 6.45) is 44.0. The third kappa shape index (κ3) is 37.5. The Labute approximate surface area is 468 Å². The molecule has 12 heteroatoms. The number of unbranched alkanes of at least 4 members (excludes halogenated alkanes) is 30. The van der Waals surface area contributed by atoms with Gasteiger partial charge in [0.25, 0.3) is 0 Å². The van der Waals surface area contributed by atoms with Crippen LogP contribution in [0.2, 0.25) is 0 Å². The van der Waals surface area contributed by atoms with Gasteiger partial charge in [-0.25, -0.2) is 0 Å². The van der Waals surface area contributed by atoms with Crippen LogP contribution in [0.1, 0.15) is 307 Å². The van der Waals surface area contributed by atoms with E-state index in [2.05, 4.69) is 67.5 Å². The Morgan fingerprint density at radius 3 is 0.882 bits per heavy atom. The first kappa shape index (κ1) is 71.7. The number of rotatable bonds is 44. The monoisotopic (exact) mass is 1100 g/mol. The number of benzene rings is 2. The third-order valence-corrected chi connectivity index (χ3v) is 15.1. The van der Waals surface area contributed by atoms with Crippen LogP contribution < -0.4 is 9.05 Å². The molecule has 0 fully saturated rings. The van der Waals surface area contributed by atoms with Gasteiger partial charge in [0.1, 0.15) is 11.5 Å². The van der Waals surface area contributed by atoms with E-state index in [1.54, 1.807) is 0 Å². The van der Waals surface area contributed by atoms with Gasteiger partial charge in [-0.3, -0.25) is 9.59 Å². The van der Waals surface area contributed by atoms with Crippen molar-refractivity contribution < 1.29 is 47.7 Å². The number of aryl methyl sites for hydroxylation is 4. The first-order valence-electron chi connectivity index (χ1n) is 30.6. The minimum Gasteiger partial charge on any atom is -0.466 e. The highest BCUT2D eigenvalue weighted by molar-refractivity contribution is 7.41. The summed E-state index contributed by atoms with van der Waals surface area (Å²) in [6, 6.07) is 8.29. The molecule has 0 spiro atoms. The van der Waals surface area contributed by atoms with Crippen molar-refractivity contribution in [3.05, 3.63) is 57.6 Å². The quantitative estimate of drug-likeness (QED) is 0.0287. The molecule has 2 aromatic carbocycles. The van der Waals surface area contributed by atoms with Gasteiger partial charge in [-0.15, -0.1) is 0 Å². The van der Waals surface area contributed by atoms with Crippen LogP contribution in [-0.4, -0.2) is 44.7 Å². The van der Waals surface area contributed by atoms with E-state index in [1.807, 2.05) is 26.0 Å². The molecule has 0 aliphatic heterocycles. The van der Waals surface area contributed by atoms with Gasteiger partial charge in [0.2, 0.25) is 0 Å². The summed E-state index contributed by atoms with van der Waals surface area (Å²) in [5, 5.41) is 0. The molecule has 4 N–H and O–H groups in total. The van der Waals surface area contributed by atoms with Crippen molar-refractivity contribution in [2.24, 2.45) is 0 Å². The zero-order chi connectivity index (χ0) is 56.5. The van der Waals surface area contributed by atoms with Crippen molar-refractivity contribution in [3.63, 3.8) is 0 Å². The van der Waals surface area contributed by atoms with Crippen LogP contribution >= 0.6 is 17.2 Å². The second-order valence-corrected chi connectivity index (χ2v) is 25.2. The molecule has 2 rings (SSSR count). The Kier molecular flexibility index (Phi) is 41.9. The maximum atomic E-state index is 12.8. The van der Waals surface area contributed by atoms with Crippen LogP contribution in [0.15, 0.2) is 24.3 Å². The number of hydrogen-bond donors (Lipinski definition) is 4. The van der Waals surface area contributed by atoms with Crippen molar-refractivity contribution in [1.82, 2.24) is 0 Å². The highest BCUT2D eigenvalue weighted by atomic mass is 31.2. The highest BCUT2D eigenvalue weighted by Gasteiger charge is 2.28. The van der Waals surface area contributed by atoms with E-state index in [1.165, 1.54) is 180 Å². The molecule has 0 bridgehead atoms. The van der Waals surface area contributed by atoms with Gasteiger partial charge < -0.3 is 38.1 Å². The van der Waals surface area contributed by atoms with Crippen LogP contribution in [0, 0.1) is 13.8 Å². The van der Waals surface area contributed by atoms with Crippen molar-refractivity contribution in [2.75, 3.05) is 13.2 Å². The Bertz CT molecular complexity index is 1640. The summed E-state index contributed by atoms with van der Waals surface area (Å²) in [5.74, 6) is 0.900. The fourth-order valence-corrected chi connectivity index (χ4v) is 10.7. The number of carbonyl (C=O) groups is 2. The molecule has 0 aliphatic rings. The Balaban J connectivity index is 0.00000695. The lowest BCUT2D eigenvalue weighted by Gasteiger charge is -2.28. The minimum absolute atomic E-state index is 0.157. The fourth-order valence-electron chi connectivity index (χ4n) is 9.83. The minimum atomic E-state index is -2.62. The molecular formula is C64H114O10P2. The van der Waals surface area contributed by atoms with Gasteiger partial charge >= 0.3 is 29.1 Å². The fraction of sp³-hybridized carbons (Fsp3) is 0.781. The summed E-state index contributed by atoms with van der Waals surface area (Å²) >= 11 is 0. The van der Waals surface area contributed by atoms with Crippen LogP contribution in [0.5, 0.6) is 11.5 Å². The molecule has 0 radical (unpaired) electrons. The van der Waals surface area contributed by atoms with Crippen LogP contribution in [-0.2, 0) is 42.7 Å². The summed E-state index contributed by atoms with van der Waals surface area (Å²) < 4.78 is 23.9. The average molecular weight is 1110 g/mol. The highest BCUT2D eigenvalue weighted by Crippen LogP contribution is 2.47. The van der Waals surface area contributed by atoms with E-state index < -0.39 is 17.2 Å². The second kappa shape index (κ2) is 44.4. The van der Waals surface area contributed by atoms with E-state index in [-0.39, 0.29) is 22.8 Å². The van der Waals surface area contributed by atoms with Gasteiger partial charge in [-0.05, 0) is 72.6 Å². The smallest absolute Gasteiger partial charge is 0.460 e. The largest absolute Gasteiger partial charge is 0.466 e. The molecule has 0 atom stereocenters. The molecule has 0 saturated heterocycles. The van der Waals surface area contributed by atoms with Crippen molar-refractivity contribution in [1.29, 1.82) is 0 Å². The zero-order valence-corrected chi connectivity index (χ0v) is 52.1. The lowest BCUT2D eigenvalue weighted by molar-refractivity contribution is -0.144. The molecule has 0 unspecified atom stereocenters. The summed E-state index contributed by atoms with van der Waals surface area (Å²) in [7, 11) is -4.96. The molecular weight excluding hydrogens is 991 g/mol. The van der Waals surface area contributed by atoms with E-state index in [4.69, 9.17) is 33.2 Å². The Morgan fingerprint density at radius 2 is 0.645 bits per heavy atom. The van der Waals surface area contributed by atoms with E-state index >= 15 is 0 Å². The SMILES string of the molecule is CCCCCCCCCCCCCCCCCCOC(=O)CCc1cc(C)c(OP(O)Oc2c(C)cc(CCC(=O)OCCCCCCCCCCCCCCCCCC)cc2C(C)(C)C)c(C(C)(C)C)c1.OP(O)O. The molecule has 0 amide bonds. The average Bonchev–Trinajstić information content (AvgIpc) is 3.35. The predicted octanol–water partition coefficient (Wildman–Crippen LogP) is 19.2. The van der Waals surface area contributed by atoms with Gasteiger partial charge in [-0.2, -0.15) is 0 Å². The molecule has 440 valence electrons. The first-order chi connectivity index (χ1) is 36.3. The van der Waals surface area contributed by atoms with E-state index in [0.29, 0.717) is 50.4 Å². The first-order valence-corrected chi connectivity index (χ1v) is 32.9. The topological polar surface area (TPSA) is 152 Å².